The lowest BCUT2D eigenvalue weighted by Crippen LogP contribution is -1.78. The van der Waals surface area contributed by atoms with Crippen molar-refractivity contribution in [1.29, 1.82) is 0 Å². The van der Waals surface area contributed by atoms with Gasteiger partial charge in [-0.2, -0.15) is 0 Å². The van der Waals surface area contributed by atoms with Gasteiger partial charge in [0.2, 0.25) is 0 Å². The first-order valence-corrected chi connectivity index (χ1v) is 1.74. The van der Waals surface area contributed by atoms with E-state index in [-0.39, 0.29) is 18.4 Å². The van der Waals surface area contributed by atoms with Crippen molar-refractivity contribution in [1.82, 2.24) is 0 Å². The number of carboxylic acid groups (broad SMARTS) is 1. The van der Waals surface area contributed by atoms with Crippen LogP contribution in [0.1, 0.15) is 21.3 Å². The van der Waals surface area contributed by atoms with E-state index in [9.17, 15) is 0 Å². The second-order valence-corrected chi connectivity index (χ2v) is 0.755. The van der Waals surface area contributed by atoms with Gasteiger partial charge in [0, 0.05) is 6.92 Å². The maximum Gasteiger partial charge on any atom is 0.300 e. The number of rotatable bonds is 0. The molecule has 0 heterocycles. The number of carboxylic acids is 1. The van der Waals surface area contributed by atoms with E-state index in [0.717, 1.165) is 13.2 Å². The van der Waals surface area contributed by atoms with Crippen LogP contribution in [-0.4, -0.2) is 28.3 Å². The predicted molar refractivity (Wildman–Crippen MR) is 39.0 cm³/mol. The molecule has 0 aromatic carbocycles. The fourth-order valence-electron chi connectivity index (χ4n) is 0. The summed E-state index contributed by atoms with van der Waals surface area (Å²) in [5.74, 6) is -0.833. The van der Waals surface area contributed by atoms with E-state index in [1.165, 1.54) is 6.92 Å². The summed E-state index contributed by atoms with van der Waals surface area (Å²) in [5.41, 5.74) is 0. The molecule has 0 radical (unpaired) electrons. The molecule has 5 N–H and O–H groups in total. The quantitative estimate of drug-likeness (QED) is 0.466. The highest BCUT2D eigenvalue weighted by Gasteiger charge is 1.65. The summed E-state index contributed by atoms with van der Waals surface area (Å²) < 4.78 is 0. The lowest BCUT2D eigenvalue weighted by atomic mass is 10.9. The lowest BCUT2D eigenvalue weighted by Gasteiger charge is -1.59. The zero-order chi connectivity index (χ0) is 6.28. The van der Waals surface area contributed by atoms with Crippen molar-refractivity contribution in [2.24, 2.45) is 0 Å². The van der Waals surface area contributed by atoms with Crippen LogP contribution < -0.4 is 0 Å². The average Bonchev–Trinajstić information content (AvgIpc) is 1.33. The van der Waals surface area contributed by atoms with Gasteiger partial charge in [0.25, 0.3) is 5.97 Å². The molecule has 0 unspecified atom stereocenters. The average molecular weight is 156 g/mol. The van der Waals surface area contributed by atoms with E-state index in [2.05, 4.69) is 0 Å². The van der Waals surface area contributed by atoms with Crippen LogP contribution in [0, 0.1) is 0 Å². The molecule has 0 aromatic rings. The van der Waals surface area contributed by atoms with Gasteiger partial charge in [-0.3, -0.25) is 4.79 Å². The first kappa shape index (κ1) is 35.7. The Hall–Kier alpha value is -0.940. The Morgan fingerprint density at radius 1 is 1.40 bits per heavy atom. The van der Waals surface area contributed by atoms with Crippen molar-refractivity contribution >= 4 is 12.3 Å². The van der Waals surface area contributed by atoms with E-state index in [1.54, 1.807) is 0 Å². The maximum atomic E-state index is 9.00. The third kappa shape index (κ3) is 293. The van der Waals surface area contributed by atoms with Crippen molar-refractivity contribution in [3.63, 3.8) is 0 Å². The molecule has 0 aliphatic carbocycles. The third-order valence-corrected chi connectivity index (χ3v) is 0. The van der Waals surface area contributed by atoms with Gasteiger partial charge < -0.3 is 20.9 Å². The fourth-order valence-corrected chi connectivity index (χ4v) is 0. The van der Waals surface area contributed by atoms with E-state index in [0.29, 0.717) is 0 Å². The van der Waals surface area contributed by atoms with Crippen molar-refractivity contribution in [2.75, 3.05) is 0 Å². The summed E-state index contributed by atoms with van der Waals surface area (Å²) in [6.07, 6.45) is 0.750. The van der Waals surface area contributed by atoms with Gasteiger partial charge in [-0.15, -0.1) is 0 Å². The molecule has 0 fully saturated rings. The van der Waals surface area contributed by atoms with Crippen molar-refractivity contribution in [3.05, 3.63) is 0 Å². The van der Waals surface area contributed by atoms with E-state index in [1.807, 2.05) is 0 Å². The maximum absolute atomic E-state index is 9.00. The molecule has 0 aromatic heterocycles. The van der Waals surface area contributed by atoms with Gasteiger partial charge in [0.05, 0.1) is 0 Å². The Balaban J connectivity index is -0.0000000131. The molecule has 0 amide bonds. The summed E-state index contributed by atoms with van der Waals surface area (Å²) >= 11 is 0. The van der Waals surface area contributed by atoms with Crippen molar-refractivity contribution in [2.45, 2.75) is 21.3 Å². The molecule has 0 rings (SSSR count). The Kier molecular flexibility index (Phi) is 153. The van der Waals surface area contributed by atoms with Crippen LogP contribution >= 0.6 is 0 Å². The van der Waals surface area contributed by atoms with Gasteiger partial charge in [-0.1, -0.05) is 7.43 Å². The number of carbonyl (C=O) groups excluding carboxylic acids is 1. The molecule has 10 heavy (non-hydrogen) atoms. The first-order valence-electron chi connectivity index (χ1n) is 1.74. The Morgan fingerprint density at radius 2 is 1.40 bits per heavy atom. The van der Waals surface area contributed by atoms with Crippen LogP contribution in [0.4, 0.5) is 0 Å². The van der Waals surface area contributed by atoms with Crippen LogP contribution in [0.3, 0.4) is 0 Å². The molecule has 0 bridgehead atoms. The lowest BCUT2D eigenvalue weighted by molar-refractivity contribution is -0.134. The molecule has 0 saturated heterocycles. The molecule has 66 valence electrons. The zero-order valence-electron chi connectivity index (χ0n) is 5.34. The molecule has 0 aliphatic rings. The van der Waals surface area contributed by atoms with Gasteiger partial charge in [-0.25, -0.2) is 0 Å². The Bertz CT molecular complexity index is 57.1. The second kappa shape index (κ2) is 42.9. The minimum Gasteiger partial charge on any atom is -0.481 e. The minimum absolute atomic E-state index is 0. The highest BCUT2D eigenvalue weighted by molar-refractivity contribution is 5.62. The highest BCUT2D eigenvalue weighted by atomic mass is 16.4. The predicted octanol–water partition coefficient (Wildman–Crippen LogP) is -0.717. The number of hydrogen-bond donors (Lipinski definition) is 1. The topological polar surface area (TPSA) is 117 Å². The van der Waals surface area contributed by atoms with E-state index >= 15 is 0 Å². The molecule has 0 atom stereocenters. The van der Waals surface area contributed by atoms with Crippen LogP contribution in [0.5, 0.6) is 0 Å². The molecular weight excluding hydrogens is 140 g/mol. The van der Waals surface area contributed by atoms with Gasteiger partial charge in [-0.05, 0) is 6.92 Å². The van der Waals surface area contributed by atoms with Crippen LogP contribution in [-0.2, 0) is 9.59 Å². The van der Waals surface area contributed by atoms with Crippen LogP contribution in [0.2, 0.25) is 0 Å². The molecule has 0 saturated carbocycles. The summed E-state index contributed by atoms with van der Waals surface area (Å²) in [7, 11) is 0. The molecule has 0 aliphatic heterocycles. The second-order valence-electron chi connectivity index (χ2n) is 0.755. The number of carbonyl (C=O) groups is 2. The van der Waals surface area contributed by atoms with Gasteiger partial charge >= 0.3 is 0 Å². The summed E-state index contributed by atoms with van der Waals surface area (Å²) in [5, 5.41) is 7.42. The summed E-state index contributed by atoms with van der Waals surface area (Å²) in [6, 6.07) is 0. The smallest absolute Gasteiger partial charge is 0.300 e. The minimum atomic E-state index is -0.833. The fraction of sp³-hybridized carbons (Fsp3) is 0.600. The van der Waals surface area contributed by atoms with E-state index in [4.69, 9.17) is 14.7 Å². The largest absolute Gasteiger partial charge is 0.481 e. The zero-order valence-corrected chi connectivity index (χ0v) is 5.34. The highest BCUT2D eigenvalue weighted by Crippen LogP contribution is 1.42. The van der Waals surface area contributed by atoms with Crippen LogP contribution in [0.15, 0.2) is 0 Å². The third-order valence-electron chi connectivity index (χ3n) is 0. The number of aldehydes is 1. The first-order chi connectivity index (χ1) is 3.15. The molecule has 0 spiro atoms. The van der Waals surface area contributed by atoms with Crippen LogP contribution in [0.25, 0.3) is 0 Å². The van der Waals surface area contributed by atoms with Crippen molar-refractivity contribution < 1.29 is 25.6 Å². The SMILES string of the molecule is C.CC(=O)O.CC=O.O.O. The Morgan fingerprint density at radius 3 is 1.40 bits per heavy atom. The summed E-state index contributed by atoms with van der Waals surface area (Å²) in [4.78, 5) is 17.8. The Labute approximate surface area is 60.3 Å². The standard InChI is InChI=1S/C2H4O2.C2H4O.CH4.2H2O/c1-2(3)4;1-2-3;;;/h1H3,(H,3,4);2H,1H3;1H4;2*1H2. The van der Waals surface area contributed by atoms with Gasteiger partial charge in [0.15, 0.2) is 0 Å². The molecule has 5 heteroatoms. The molecule has 5 nitrogen and oxygen atoms in total. The van der Waals surface area contributed by atoms with Gasteiger partial charge in [0.1, 0.15) is 6.29 Å². The monoisotopic (exact) mass is 156 g/mol. The molecular formula is C5H16O5. The van der Waals surface area contributed by atoms with Crippen molar-refractivity contribution in [3.8, 4) is 0 Å². The number of aliphatic carboxylic acids is 1. The summed E-state index contributed by atoms with van der Waals surface area (Å²) in [6.45, 7) is 2.53. The normalized spacial score (nSPS) is 3.80. The number of hydrogen-bond acceptors (Lipinski definition) is 2. The van der Waals surface area contributed by atoms with E-state index < -0.39 is 5.97 Å².